The second-order valence-electron chi connectivity index (χ2n) is 4.74. The predicted octanol–water partition coefficient (Wildman–Crippen LogP) is 2.60. The third kappa shape index (κ3) is 5.28. The van der Waals surface area contributed by atoms with Crippen molar-refractivity contribution in [2.24, 2.45) is 5.92 Å². The highest BCUT2D eigenvalue weighted by atomic mass is 32.2. The van der Waals surface area contributed by atoms with Crippen LogP contribution >= 0.6 is 12.0 Å². The van der Waals surface area contributed by atoms with E-state index in [0.29, 0.717) is 18.8 Å². The van der Waals surface area contributed by atoms with Gasteiger partial charge >= 0.3 is 17.1 Å². The van der Waals surface area contributed by atoms with E-state index in [1.165, 1.54) is 0 Å². The third-order valence-corrected chi connectivity index (χ3v) is 4.02. The van der Waals surface area contributed by atoms with Gasteiger partial charge in [0.25, 0.3) is 0 Å². The Morgan fingerprint density at radius 3 is 2.38 bits per heavy atom. The molecule has 21 heavy (non-hydrogen) atoms. The number of alkyl halides is 4. The molecule has 0 radical (unpaired) electrons. The molecule has 1 aliphatic rings. The van der Waals surface area contributed by atoms with E-state index in [1.807, 2.05) is 0 Å². The maximum absolute atomic E-state index is 13.6. The summed E-state index contributed by atoms with van der Waals surface area (Å²) in [5.74, 6) is -1.68. The van der Waals surface area contributed by atoms with Crippen molar-refractivity contribution in [2.75, 3.05) is 6.61 Å². The molecule has 0 N–H and O–H groups in total. The van der Waals surface area contributed by atoms with Gasteiger partial charge in [-0.05, 0) is 18.8 Å². The summed E-state index contributed by atoms with van der Waals surface area (Å²) in [5.41, 5.74) is 0. The Hall–Kier alpha value is -0.580. The summed E-state index contributed by atoms with van der Waals surface area (Å²) in [6.45, 7) is -0.324. The summed E-state index contributed by atoms with van der Waals surface area (Å²) in [5, 5.41) is 7.65. The Morgan fingerprint density at radius 2 is 1.86 bits per heavy atom. The molecule has 0 amide bonds. The molecule has 0 aliphatic heterocycles. The SMILES string of the molecule is O=C(OCCCC1CCCC1)C(F)(SOO[O-])C(F)(F)F. The molecule has 0 aromatic carbocycles. The highest BCUT2D eigenvalue weighted by Gasteiger charge is 2.65. The Kier molecular flexibility index (Phi) is 7.17. The number of hydrogen-bond donors (Lipinski definition) is 0. The van der Waals surface area contributed by atoms with Gasteiger partial charge in [0.15, 0.2) is 0 Å². The van der Waals surface area contributed by atoms with Crippen LogP contribution in [0.2, 0.25) is 0 Å². The molecule has 0 saturated heterocycles. The maximum Gasteiger partial charge on any atom is 0.446 e. The van der Waals surface area contributed by atoms with Crippen LogP contribution in [-0.2, 0) is 18.9 Å². The van der Waals surface area contributed by atoms with Gasteiger partial charge in [0.05, 0.1) is 18.6 Å². The largest absolute Gasteiger partial charge is 0.691 e. The van der Waals surface area contributed by atoms with E-state index in [-0.39, 0.29) is 6.61 Å². The van der Waals surface area contributed by atoms with Gasteiger partial charge in [-0.3, -0.25) is 5.04 Å². The minimum atomic E-state index is -5.60. The van der Waals surface area contributed by atoms with Gasteiger partial charge in [0, 0.05) is 0 Å². The van der Waals surface area contributed by atoms with Crippen LogP contribution in [0.25, 0.3) is 0 Å². The van der Waals surface area contributed by atoms with Crippen LogP contribution in [0.5, 0.6) is 0 Å². The normalized spacial score (nSPS) is 19.5. The molecule has 1 atom stereocenters. The van der Waals surface area contributed by atoms with E-state index in [1.54, 1.807) is 0 Å². The van der Waals surface area contributed by atoms with Gasteiger partial charge in [-0.1, -0.05) is 25.7 Å². The van der Waals surface area contributed by atoms with Crippen molar-refractivity contribution in [2.45, 2.75) is 49.7 Å². The predicted molar refractivity (Wildman–Crippen MR) is 61.8 cm³/mol. The van der Waals surface area contributed by atoms with Gasteiger partial charge in [0.1, 0.15) is 0 Å². The van der Waals surface area contributed by atoms with Gasteiger partial charge < -0.3 is 9.99 Å². The fourth-order valence-electron chi connectivity index (χ4n) is 2.19. The molecule has 1 fully saturated rings. The van der Waals surface area contributed by atoms with Crippen LogP contribution in [0, 0.1) is 5.92 Å². The number of carbonyl (C=O) groups excluding carboxylic acids is 1. The second-order valence-corrected chi connectivity index (χ2v) is 5.61. The zero-order valence-electron chi connectivity index (χ0n) is 11.0. The van der Waals surface area contributed by atoms with Gasteiger partial charge in [0.2, 0.25) is 0 Å². The number of hydrogen-bond acceptors (Lipinski definition) is 6. The third-order valence-electron chi connectivity index (χ3n) is 3.27. The van der Waals surface area contributed by atoms with Crippen LogP contribution in [0.3, 0.4) is 0 Å². The van der Waals surface area contributed by atoms with Crippen molar-refractivity contribution in [3.63, 3.8) is 0 Å². The van der Waals surface area contributed by atoms with E-state index in [4.69, 9.17) is 0 Å². The van der Waals surface area contributed by atoms with E-state index in [9.17, 15) is 27.6 Å². The molecule has 1 aliphatic carbocycles. The Bertz CT molecular complexity index is 335. The smallest absolute Gasteiger partial charge is 0.446 e. The molecule has 124 valence electrons. The molecule has 1 rings (SSSR count). The van der Waals surface area contributed by atoms with Crippen molar-refractivity contribution >= 4 is 18.0 Å². The average molecular weight is 335 g/mol. The highest BCUT2D eigenvalue weighted by molar-refractivity contribution is 7.96. The minimum absolute atomic E-state index is 0.324. The van der Waals surface area contributed by atoms with E-state index in [0.717, 1.165) is 25.7 Å². The summed E-state index contributed by atoms with van der Waals surface area (Å²) in [4.78, 5) is 11.2. The first-order valence-electron chi connectivity index (χ1n) is 6.38. The number of carbonyl (C=O) groups is 1. The topological polar surface area (TPSA) is 67.8 Å². The van der Waals surface area contributed by atoms with Crippen LogP contribution in [-0.4, -0.2) is 23.8 Å². The van der Waals surface area contributed by atoms with Crippen LogP contribution in [0.1, 0.15) is 38.5 Å². The number of ether oxygens (including phenoxy) is 1. The Labute approximate surface area is 123 Å². The van der Waals surface area contributed by atoms with Crippen LogP contribution < -0.4 is 5.26 Å². The fraction of sp³-hybridized carbons (Fsp3) is 0.909. The number of rotatable bonds is 8. The quantitative estimate of drug-likeness (QED) is 0.170. The molecular weight excluding hydrogens is 320 g/mol. The van der Waals surface area contributed by atoms with Crippen LogP contribution in [0.15, 0.2) is 0 Å². The molecule has 0 heterocycles. The molecule has 1 saturated carbocycles. The lowest BCUT2D eigenvalue weighted by Crippen LogP contribution is -2.46. The fourth-order valence-corrected chi connectivity index (χ4v) is 2.53. The van der Waals surface area contributed by atoms with Crippen molar-refractivity contribution < 1.29 is 41.7 Å². The first kappa shape index (κ1) is 18.5. The second kappa shape index (κ2) is 8.16. The zero-order chi connectivity index (χ0) is 15.9. The Balaban J connectivity index is 2.41. The summed E-state index contributed by atoms with van der Waals surface area (Å²) in [7, 11) is 0. The van der Waals surface area contributed by atoms with Gasteiger partial charge in [-0.2, -0.15) is 17.5 Å². The van der Waals surface area contributed by atoms with E-state index < -0.39 is 29.2 Å². The lowest BCUT2D eigenvalue weighted by molar-refractivity contribution is -0.777. The first-order valence-corrected chi connectivity index (χ1v) is 7.12. The molecule has 10 heteroatoms. The summed E-state index contributed by atoms with van der Waals surface area (Å²) < 4.78 is 58.7. The average Bonchev–Trinajstić information content (AvgIpc) is 2.92. The maximum atomic E-state index is 13.6. The van der Waals surface area contributed by atoms with E-state index >= 15 is 0 Å². The zero-order valence-corrected chi connectivity index (χ0v) is 11.8. The lowest BCUT2D eigenvalue weighted by Gasteiger charge is -2.24. The number of halogens is 4. The van der Waals surface area contributed by atoms with Crippen molar-refractivity contribution in [1.82, 2.24) is 0 Å². The van der Waals surface area contributed by atoms with Crippen molar-refractivity contribution in [1.29, 1.82) is 0 Å². The monoisotopic (exact) mass is 335 g/mol. The molecule has 0 aromatic rings. The van der Waals surface area contributed by atoms with Gasteiger partial charge in [-0.15, -0.1) is 0 Å². The standard InChI is InChI=1S/C11H16F4O5S/c12-10(11(13,14)15,21-20-19-17)9(16)18-7-3-6-8-4-1-2-5-8/h8,17H,1-7H2/p-1. The molecule has 5 nitrogen and oxygen atoms in total. The minimum Gasteiger partial charge on any atom is -0.691 e. The molecule has 1 unspecified atom stereocenters. The van der Waals surface area contributed by atoms with Crippen molar-refractivity contribution in [3.05, 3.63) is 0 Å². The number of esters is 1. The molecular formula is C11H15F4O5S-. The van der Waals surface area contributed by atoms with Crippen LogP contribution in [0.4, 0.5) is 17.6 Å². The lowest BCUT2D eigenvalue weighted by atomic mass is 10.0. The van der Waals surface area contributed by atoms with E-state index in [2.05, 4.69) is 14.1 Å². The molecule has 0 bridgehead atoms. The molecule has 0 aromatic heterocycles. The molecule has 0 spiro atoms. The Morgan fingerprint density at radius 1 is 1.24 bits per heavy atom. The summed E-state index contributed by atoms with van der Waals surface area (Å²) in [6, 6.07) is 0. The van der Waals surface area contributed by atoms with Gasteiger partial charge in [-0.25, -0.2) is 9.18 Å². The first-order chi connectivity index (χ1) is 9.81. The summed E-state index contributed by atoms with van der Waals surface area (Å²) in [6.07, 6.45) is -0.189. The highest BCUT2D eigenvalue weighted by Crippen LogP contribution is 2.44. The van der Waals surface area contributed by atoms with Crippen molar-refractivity contribution in [3.8, 4) is 0 Å². The summed E-state index contributed by atoms with van der Waals surface area (Å²) >= 11 is -1.08.